The second kappa shape index (κ2) is 7.05. The van der Waals surface area contributed by atoms with Gasteiger partial charge in [-0.25, -0.2) is 4.98 Å². The molecule has 0 radical (unpaired) electrons. The van der Waals surface area contributed by atoms with Crippen molar-refractivity contribution in [1.82, 2.24) is 10.3 Å². The average molecular weight is 290 g/mol. The number of ether oxygens (including phenoxy) is 1. The van der Waals surface area contributed by atoms with Crippen molar-refractivity contribution in [3.05, 3.63) is 35.2 Å². The van der Waals surface area contributed by atoms with E-state index in [4.69, 9.17) is 4.74 Å². The van der Waals surface area contributed by atoms with Gasteiger partial charge in [0.05, 0.1) is 11.2 Å². The molecular formula is C15H18N2O2S. The molecule has 4 nitrogen and oxygen atoms in total. The third-order valence-corrected chi connectivity index (χ3v) is 3.40. The fourth-order valence-electron chi connectivity index (χ4n) is 1.71. The molecule has 0 aliphatic carbocycles. The minimum Gasteiger partial charge on any atom is -0.481 e. The first-order chi connectivity index (χ1) is 9.70. The molecule has 0 saturated carbocycles. The monoisotopic (exact) mass is 290 g/mol. The number of carbonyl (C=O) groups is 1. The smallest absolute Gasteiger partial charge is 0.260 e. The Hall–Kier alpha value is -1.88. The van der Waals surface area contributed by atoms with Crippen molar-refractivity contribution < 1.29 is 9.53 Å². The van der Waals surface area contributed by atoms with Gasteiger partial charge in [0.15, 0.2) is 6.10 Å². The van der Waals surface area contributed by atoms with Gasteiger partial charge in [0.2, 0.25) is 0 Å². The van der Waals surface area contributed by atoms with Crippen LogP contribution in [0.2, 0.25) is 0 Å². The molecule has 1 amide bonds. The van der Waals surface area contributed by atoms with E-state index < -0.39 is 6.10 Å². The molecule has 0 bridgehead atoms. The largest absolute Gasteiger partial charge is 0.481 e. The Labute approximate surface area is 122 Å². The van der Waals surface area contributed by atoms with Gasteiger partial charge in [-0.05, 0) is 37.6 Å². The van der Waals surface area contributed by atoms with Crippen LogP contribution in [0.1, 0.15) is 20.3 Å². The average Bonchev–Trinajstić information content (AvgIpc) is 2.99. The molecule has 0 spiro atoms. The molecule has 0 aliphatic heterocycles. The maximum Gasteiger partial charge on any atom is 0.260 e. The Morgan fingerprint density at radius 3 is 2.75 bits per heavy atom. The molecule has 1 aromatic carbocycles. The van der Waals surface area contributed by atoms with Crippen LogP contribution in [0.25, 0.3) is 11.3 Å². The predicted molar refractivity (Wildman–Crippen MR) is 80.9 cm³/mol. The Balaban J connectivity index is 1.95. The lowest BCUT2D eigenvalue weighted by Crippen LogP contribution is -2.36. The quantitative estimate of drug-likeness (QED) is 0.889. The molecule has 0 fully saturated rings. The molecule has 1 atom stereocenters. The summed E-state index contributed by atoms with van der Waals surface area (Å²) in [5.74, 6) is 0.596. The molecule has 5 heteroatoms. The molecule has 1 N–H and O–H groups in total. The van der Waals surface area contributed by atoms with Crippen LogP contribution in [-0.2, 0) is 4.79 Å². The number of rotatable bonds is 6. The van der Waals surface area contributed by atoms with Crippen LogP contribution < -0.4 is 10.1 Å². The summed E-state index contributed by atoms with van der Waals surface area (Å²) in [6, 6.07) is 7.61. The number of thiazole rings is 1. The van der Waals surface area contributed by atoms with Crippen LogP contribution >= 0.6 is 11.3 Å². The van der Waals surface area contributed by atoms with Gasteiger partial charge in [0, 0.05) is 17.5 Å². The van der Waals surface area contributed by atoms with E-state index in [1.807, 2.05) is 36.6 Å². The number of hydrogen-bond donors (Lipinski definition) is 1. The molecule has 0 saturated heterocycles. The Kier molecular flexibility index (Phi) is 5.12. The highest BCUT2D eigenvalue weighted by Gasteiger charge is 2.13. The fraction of sp³-hybridized carbons (Fsp3) is 0.333. The first kappa shape index (κ1) is 14.5. The number of carbonyl (C=O) groups excluding carboxylic acids is 1. The maximum absolute atomic E-state index is 11.7. The Morgan fingerprint density at radius 2 is 2.15 bits per heavy atom. The summed E-state index contributed by atoms with van der Waals surface area (Å²) >= 11 is 1.57. The summed E-state index contributed by atoms with van der Waals surface area (Å²) in [4.78, 5) is 16.0. The number of nitrogens with one attached hydrogen (secondary N) is 1. The van der Waals surface area contributed by atoms with Gasteiger partial charge in [0.25, 0.3) is 5.91 Å². The highest BCUT2D eigenvalue weighted by Crippen LogP contribution is 2.22. The minimum atomic E-state index is -0.494. The van der Waals surface area contributed by atoms with E-state index >= 15 is 0 Å². The SMILES string of the molecule is CCCNC(=O)C(C)Oc1ccc(-c2cscn2)cc1. The van der Waals surface area contributed by atoms with Crippen molar-refractivity contribution in [3.63, 3.8) is 0 Å². The molecule has 1 unspecified atom stereocenters. The van der Waals surface area contributed by atoms with Crippen molar-refractivity contribution in [2.75, 3.05) is 6.54 Å². The van der Waals surface area contributed by atoms with Gasteiger partial charge in [-0.3, -0.25) is 4.79 Å². The van der Waals surface area contributed by atoms with Gasteiger partial charge < -0.3 is 10.1 Å². The zero-order valence-corrected chi connectivity index (χ0v) is 12.4. The molecule has 0 aliphatic rings. The highest BCUT2D eigenvalue weighted by atomic mass is 32.1. The molecule has 1 heterocycles. The van der Waals surface area contributed by atoms with Gasteiger partial charge in [-0.2, -0.15) is 0 Å². The third kappa shape index (κ3) is 3.81. The van der Waals surface area contributed by atoms with E-state index in [1.54, 1.807) is 23.8 Å². The topological polar surface area (TPSA) is 51.2 Å². The molecular weight excluding hydrogens is 272 g/mol. The summed E-state index contributed by atoms with van der Waals surface area (Å²) in [6.07, 6.45) is 0.424. The van der Waals surface area contributed by atoms with Crippen LogP contribution in [0.3, 0.4) is 0 Å². The number of hydrogen-bond acceptors (Lipinski definition) is 4. The fourth-order valence-corrected chi connectivity index (χ4v) is 2.27. The van der Waals surface area contributed by atoms with Crippen LogP contribution in [0.15, 0.2) is 35.2 Å². The number of benzene rings is 1. The normalized spacial score (nSPS) is 11.9. The standard InChI is InChI=1S/C15H18N2O2S/c1-3-8-16-15(18)11(2)19-13-6-4-12(5-7-13)14-9-20-10-17-14/h4-7,9-11H,3,8H2,1-2H3,(H,16,18). The Morgan fingerprint density at radius 1 is 1.40 bits per heavy atom. The van der Waals surface area contributed by atoms with Crippen LogP contribution in [0, 0.1) is 0 Å². The third-order valence-electron chi connectivity index (χ3n) is 2.81. The lowest BCUT2D eigenvalue weighted by molar-refractivity contribution is -0.127. The van der Waals surface area contributed by atoms with E-state index in [-0.39, 0.29) is 5.91 Å². The van der Waals surface area contributed by atoms with Crippen LogP contribution in [-0.4, -0.2) is 23.5 Å². The van der Waals surface area contributed by atoms with E-state index in [9.17, 15) is 4.79 Å². The molecule has 20 heavy (non-hydrogen) atoms. The molecule has 2 rings (SSSR count). The summed E-state index contributed by atoms with van der Waals surface area (Å²) < 4.78 is 5.62. The van der Waals surface area contributed by atoms with Crippen molar-refractivity contribution in [2.24, 2.45) is 0 Å². The first-order valence-electron chi connectivity index (χ1n) is 6.63. The van der Waals surface area contributed by atoms with Crippen LogP contribution in [0.5, 0.6) is 5.75 Å². The lowest BCUT2D eigenvalue weighted by atomic mass is 10.2. The molecule has 1 aromatic heterocycles. The zero-order chi connectivity index (χ0) is 14.4. The highest BCUT2D eigenvalue weighted by molar-refractivity contribution is 7.07. The van der Waals surface area contributed by atoms with Crippen molar-refractivity contribution in [1.29, 1.82) is 0 Å². The van der Waals surface area contributed by atoms with E-state index in [0.29, 0.717) is 12.3 Å². The molecule has 106 valence electrons. The van der Waals surface area contributed by atoms with Crippen molar-refractivity contribution in [2.45, 2.75) is 26.4 Å². The predicted octanol–water partition coefficient (Wildman–Crippen LogP) is 3.10. The summed E-state index contributed by atoms with van der Waals surface area (Å²) in [6.45, 7) is 4.44. The number of aromatic nitrogens is 1. The number of nitrogens with zero attached hydrogens (tertiary/aromatic N) is 1. The van der Waals surface area contributed by atoms with Crippen molar-refractivity contribution >= 4 is 17.2 Å². The zero-order valence-electron chi connectivity index (χ0n) is 11.6. The van der Waals surface area contributed by atoms with Gasteiger partial charge in [-0.1, -0.05) is 6.92 Å². The first-order valence-corrected chi connectivity index (χ1v) is 7.58. The second-order valence-electron chi connectivity index (χ2n) is 4.45. The van der Waals surface area contributed by atoms with E-state index in [2.05, 4.69) is 10.3 Å². The summed E-state index contributed by atoms with van der Waals surface area (Å²) in [5.41, 5.74) is 3.80. The summed E-state index contributed by atoms with van der Waals surface area (Å²) in [5, 5.41) is 4.81. The van der Waals surface area contributed by atoms with E-state index in [0.717, 1.165) is 17.7 Å². The lowest BCUT2D eigenvalue weighted by Gasteiger charge is -2.14. The van der Waals surface area contributed by atoms with E-state index in [1.165, 1.54) is 0 Å². The van der Waals surface area contributed by atoms with Gasteiger partial charge in [0.1, 0.15) is 5.75 Å². The van der Waals surface area contributed by atoms with Crippen LogP contribution in [0.4, 0.5) is 0 Å². The Bertz CT molecular complexity index is 538. The number of amides is 1. The van der Waals surface area contributed by atoms with Crippen molar-refractivity contribution in [3.8, 4) is 17.0 Å². The minimum absolute atomic E-state index is 0.0876. The van der Waals surface area contributed by atoms with Gasteiger partial charge >= 0.3 is 0 Å². The second-order valence-corrected chi connectivity index (χ2v) is 5.17. The maximum atomic E-state index is 11.7. The van der Waals surface area contributed by atoms with Gasteiger partial charge in [-0.15, -0.1) is 11.3 Å². The molecule has 2 aromatic rings. The summed E-state index contributed by atoms with van der Waals surface area (Å²) in [7, 11) is 0.